The van der Waals surface area contributed by atoms with Crippen molar-refractivity contribution in [3.63, 3.8) is 0 Å². The molecular weight excluding hydrogens is 338 g/mol. The highest BCUT2D eigenvalue weighted by Crippen LogP contribution is 2.24. The fourth-order valence-corrected chi connectivity index (χ4v) is 2.51. The van der Waals surface area contributed by atoms with E-state index >= 15 is 0 Å². The maximum Gasteiger partial charge on any atom is 0.242 e. The third-order valence-electron chi connectivity index (χ3n) is 3.13. The number of thiocarbonyl (C=S) groups is 1. The smallest absolute Gasteiger partial charge is 0.242 e. The van der Waals surface area contributed by atoms with E-state index in [1.807, 2.05) is 44.0 Å². The van der Waals surface area contributed by atoms with Crippen LogP contribution in [0.3, 0.4) is 0 Å². The molecule has 0 saturated carbocycles. The number of anilines is 1. The van der Waals surface area contributed by atoms with Crippen molar-refractivity contribution in [2.45, 2.75) is 13.8 Å². The molecule has 4 nitrogen and oxygen atoms in total. The number of amides is 1. The van der Waals surface area contributed by atoms with Crippen LogP contribution in [-0.2, 0) is 4.79 Å². The first-order valence-electron chi connectivity index (χ1n) is 6.48. The Bertz CT molecular complexity index is 503. The van der Waals surface area contributed by atoms with Crippen molar-refractivity contribution in [3.05, 3.63) is 28.2 Å². The number of likely N-dealkylation sites (N-methyl/N-ethyl adjacent to an activating group) is 2. The number of carbonyl (C=O) groups excluding carboxylic acids is 1. The van der Waals surface area contributed by atoms with E-state index in [1.54, 1.807) is 4.90 Å². The Kier molecular flexibility index (Phi) is 6.42. The molecule has 0 aliphatic rings. The van der Waals surface area contributed by atoms with Gasteiger partial charge in [-0.15, -0.1) is 0 Å². The molecule has 6 heteroatoms. The van der Waals surface area contributed by atoms with Crippen LogP contribution in [-0.4, -0.2) is 42.5 Å². The average Bonchev–Trinajstić information content (AvgIpc) is 2.39. The molecule has 0 unspecified atom stereocenters. The SMILES string of the molecule is CCN(CC)C(=O)CN(C)c1cc(Br)ccc1C(N)=S. The molecule has 110 valence electrons. The van der Waals surface area contributed by atoms with Crippen molar-refractivity contribution in [2.75, 3.05) is 31.6 Å². The number of carbonyl (C=O) groups is 1. The standard InChI is InChI=1S/C14H20BrN3OS/c1-4-18(5-2)13(19)9-17(3)12-8-10(15)6-7-11(12)14(16)20/h6-8H,4-5,9H2,1-3H3,(H2,16,20). The summed E-state index contributed by atoms with van der Waals surface area (Å²) in [7, 11) is 1.87. The van der Waals surface area contributed by atoms with Gasteiger partial charge in [0, 0.05) is 35.9 Å². The molecule has 1 aromatic rings. The summed E-state index contributed by atoms with van der Waals surface area (Å²) in [5.41, 5.74) is 7.37. The van der Waals surface area contributed by atoms with Gasteiger partial charge in [0.25, 0.3) is 0 Å². The van der Waals surface area contributed by atoms with Crippen LogP contribution in [0.4, 0.5) is 5.69 Å². The molecule has 0 spiro atoms. The molecular formula is C14H20BrN3OS. The normalized spacial score (nSPS) is 10.2. The molecule has 0 aliphatic heterocycles. The zero-order chi connectivity index (χ0) is 15.3. The average molecular weight is 358 g/mol. The third kappa shape index (κ3) is 4.18. The minimum Gasteiger partial charge on any atom is -0.389 e. The lowest BCUT2D eigenvalue weighted by Crippen LogP contribution is -2.39. The maximum atomic E-state index is 12.2. The number of hydrogen-bond acceptors (Lipinski definition) is 3. The molecule has 0 saturated heterocycles. The van der Waals surface area contributed by atoms with Crippen molar-refractivity contribution in [1.82, 2.24) is 4.90 Å². The highest BCUT2D eigenvalue weighted by molar-refractivity contribution is 9.10. The van der Waals surface area contributed by atoms with Crippen molar-refractivity contribution in [3.8, 4) is 0 Å². The zero-order valence-corrected chi connectivity index (χ0v) is 14.4. The van der Waals surface area contributed by atoms with Gasteiger partial charge in [-0.25, -0.2) is 0 Å². The summed E-state index contributed by atoms with van der Waals surface area (Å²) >= 11 is 8.49. The highest BCUT2D eigenvalue weighted by atomic mass is 79.9. The van der Waals surface area contributed by atoms with Gasteiger partial charge in [0.2, 0.25) is 5.91 Å². The van der Waals surface area contributed by atoms with Crippen molar-refractivity contribution in [2.24, 2.45) is 5.73 Å². The minimum atomic E-state index is 0.0892. The van der Waals surface area contributed by atoms with E-state index in [9.17, 15) is 4.79 Å². The van der Waals surface area contributed by atoms with Gasteiger partial charge in [0.1, 0.15) is 4.99 Å². The van der Waals surface area contributed by atoms with Gasteiger partial charge in [-0.3, -0.25) is 4.79 Å². The monoisotopic (exact) mass is 357 g/mol. The Morgan fingerprint density at radius 1 is 1.35 bits per heavy atom. The molecule has 1 aromatic carbocycles. The van der Waals surface area contributed by atoms with E-state index < -0.39 is 0 Å². The van der Waals surface area contributed by atoms with Crippen LogP contribution < -0.4 is 10.6 Å². The van der Waals surface area contributed by atoms with Crippen LogP contribution in [0.1, 0.15) is 19.4 Å². The van der Waals surface area contributed by atoms with Crippen LogP contribution >= 0.6 is 28.1 Å². The number of rotatable bonds is 6. The van der Waals surface area contributed by atoms with Crippen molar-refractivity contribution < 1.29 is 4.79 Å². The van der Waals surface area contributed by atoms with E-state index in [2.05, 4.69) is 15.9 Å². The molecule has 1 amide bonds. The van der Waals surface area contributed by atoms with Gasteiger partial charge in [-0.1, -0.05) is 28.1 Å². The lowest BCUT2D eigenvalue weighted by molar-refractivity contribution is -0.129. The van der Waals surface area contributed by atoms with Crippen molar-refractivity contribution in [1.29, 1.82) is 0 Å². The summed E-state index contributed by atoms with van der Waals surface area (Å²) < 4.78 is 0.926. The minimum absolute atomic E-state index is 0.0892. The summed E-state index contributed by atoms with van der Waals surface area (Å²) in [5, 5.41) is 0. The second-order valence-corrected chi connectivity index (χ2v) is 5.80. The Morgan fingerprint density at radius 3 is 2.45 bits per heavy atom. The molecule has 0 aliphatic carbocycles. The molecule has 0 fully saturated rings. The first-order valence-corrected chi connectivity index (χ1v) is 7.69. The summed E-state index contributed by atoms with van der Waals surface area (Å²) in [6, 6.07) is 5.67. The predicted octanol–water partition coefficient (Wildman–Crippen LogP) is 2.39. The molecule has 0 heterocycles. The Hall–Kier alpha value is -1.14. The molecule has 0 radical (unpaired) electrons. The van der Waals surface area contributed by atoms with E-state index in [0.717, 1.165) is 15.7 Å². The van der Waals surface area contributed by atoms with Crippen LogP contribution in [0.5, 0.6) is 0 Å². The fraction of sp³-hybridized carbons (Fsp3) is 0.429. The second kappa shape index (κ2) is 7.59. The Labute approximate surface area is 134 Å². The topological polar surface area (TPSA) is 49.6 Å². The molecule has 0 atom stereocenters. The number of halogens is 1. The van der Waals surface area contributed by atoms with Crippen LogP contribution in [0, 0.1) is 0 Å². The van der Waals surface area contributed by atoms with Gasteiger partial charge in [-0.05, 0) is 32.0 Å². The maximum absolute atomic E-state index is 12.2. The van der Waals surface area contributed by atoms with Gasteiger partial charge in [0.15, 0.2) is 0 Å². The fourth-order valence-electron chi connectivity index (χ4n) is 1.99. The molecule has 0 aromatic heterocycles. The lowest BCUT2D eigenvalue weighted by atomic mass is 10.1. The van der Waals surface area contributed by atoms with Gasteiger partial charge >= 0.3 is 0 Å². The van der Waals surface area contributed by atoms with Gasteiger partial charge in [0.05, 0.1) is 6.54 Å². The molecule has 1 rings (SSSR count). The summed E-state index contributed by atoms with van der Waals surface area (Å²) in [6.45, 7) is 5.67. The Balaban J connectivity index is 2.97. The van der Waals surface area contributed by atoms with Gasteiger partial charge < -0.3 is 15.5 Å². The van der Waals surface area contributed by atoms with E-state index in [1.165, 1.54) is 0 Å². The van der Waals surface area contributed by atoms with Gasteiger partial charge in [-0.2, -0.15) is 0 Å². The summed E-state index contributed by atoms with van der Waals surface area (Å²) in [5.74, 6) is 0.0892. The molecule has 2 N–H and O–H groups in total. The third-order valence-corrected chi connectivity index (χ3v) is 3.84. The van der Waals surface area contributed by atoms with Crippen LogP contribution in [0.2, 0.25) is 0 Å². The number of benzene rings is 1. The summed E-state index contributed by atoms with van der Waals surface area (Å²) in [4.78, 5) is 16.2. The number of hydrogen-bond donors (Lipinski definition) is 1. The predicted molar refractivity (Wildman–Crippen MR) is 91.2 cm³/mol. The van der Waals surface area contributed by atoms with Crippen molar-refractivity contribution >= 4 is 44.7 Å². The summed E-state index contributed by atoms with van der Waals surface area (Å²) in [6.07, 6.45) is 0. The van der Waals surface area contributed by atoms with Crippen LogP contribution in [0.15, 0.2) is 22.7 Å². The lowest BCUT2D eigenvalue weighted by Gasteiger charge is -2.26. The largest absolute Gasteiger partial charge is 0.389 e. The highest BCUT2D eigenvalue weighted by Gasteiger charge is 2.16. The zero-order valence-electron chi connectivity index (χ0n) is 12.0. The van der Waals surface area contributed by atoms with Crippen LogP contribution in [0.25, 0.3) is 0 Å². The van der Waals surface area contributed by atoms with E-state index in [4.69, 9.17) is 18.0 Å². The molecule has 20 heavy (non-hydrogen) atoms. The first kappa shape index (κ1) is 16.9. The second-order valence-electron chi connectivity index (χ2n) is 4.45. The van der Waals surface area contributed by atoms with E-state index in [0.29, 0.717) is 24.6 Å². The Morgan fingerprint density at radius 2 is 1.95 bits per heavy atom. The quantitative estimate of drug-likeness (QED) is 0.794. The first-order chi connectivity index (χ1) is 9.40. The van der Waals surface area contributed by atoms with E-state index in [-0.39, 0.29) is 5.91 Å². The number of nitrogens with zero attached hydrogens (tertiary/aromatic N) is 2. The number of nitrogens with two attached hydrogens (primary N) is 1. The molecule has 0 bridgehead atoms.